The van der Waals surface area contributed by atoms with Crippen molar-refractivity contribution in [2.24, 2.45) is 5.92 Å². The number of aromatic amines is 1. The SMILES string of the molecule is Cc1cc(C)cc(C(=O)N2CCCC(C(=O)Nc3cc(C(F)(F)F)c[nH]c3=O)C2)c1. The number of hydrogen-bond donors (Lipinski definition) is 2. The van der Waals surface area contributed by atoms with Crippen molar-refractivity contribution in [1.29, 1.82) is 0 Å². The Morgan fingerprint density at radius 1 is 1.13 bits per heavy atom. The highest BCUT2D eigenvalue weighted by Gasteiger charge is 2.33. The van der Waals surface area contributed by atoms with Crippen molar-refractivity contribution in [2.45, 2.75) is 32.9 Å². The van der Waals surface area contributed by atoms with Crippen LogP contribution in [0.3, 0.4) is 0 Å². The van der Waals surface area contributed by atoms with E-state index in [0.29, 0.717) is 37.2 Å². The molecule has 0 bridgehead atoms. The van der Waals surface area contributed by atoms with Gasteiger partial charge < -0.3 is 15.2 Å². The van der Waals surface area contributed by atoms with Crippen molar-refractivity contribution in [2.75, 3.05) is 18.4 Å². The summed E-state index contributed by atoms with van der Waals surface area (Å²) in [7, 11) is 0. The van der Waals surface area contributed by atoms with Gasteiger partial charge in [-0.05, 0) is 44.9 Å². The summed E-state index contributed by atoms with van der Waals surface area (Å²) in [6, 6.07) is 6.12. The molecule has 1 fully saturated rings. The first kappa shape index (κ1) is 21.6. The largest absolute Gasteiger partial charge is 0.417 e. The molecule has 0 radical (unpaired) electrons. The van der Waals surface area contributed by atoms with Crippen molar-refractivity contribution < 1.29 is 22.8 Å². The molecule has 2 amide bonds. The van der Waals surface area contributed by atoms with Gasteiger partial charge >= 0.3 is 6.18 Å². The lowest BCUT2D eigenvalue weighted by molar-refractivity contribution is -0.137. The number of carbonyl (C=O) groups excluding carboxylic acids is 2. The van der Waals surface area contributed by atoms with Gasteiger partial charge in [0.25, 0.3) is 11.5 Å². The second-order valence-corrected chi connectivity index (χ2v) is 7.58. The van der Waals surface area contributed by atoms with Gasteiger partial charge in [0, 0.05) is 24.8 Å². The number of hydrogen-bond acceptors (Lipinski definition) is 3. The Hall–Kier alpha value is -3.10. The molecule has 1 unspecified atom stereocenters. The van der Waals surface area contributed by atoms with Gasteiger partial charge in [-0.25, -0.2) is 0 Å². The smallest absolute Gasteiger partial charge is 0.338 e. The van der Waals surface area contributed by atoms with Crippen LogP contribution < -0.4 is 10.9 Å². The maximum Gasteiger partial charge on any atom is 0.417 e. The zero-order valence-electron chi connectivity index (χ0n) is 16.6. The first-order valence-electron chi connectivity index (χ1n) is 9.53. The number of rotatable bonds is 3. The van der Waals surface area contributed by atoms with E-state index in [1.807, 2.05) is 24.9 Å². The molecule has 1 aliphatic heterocycles. The Morgan fingerprint density at radius 2 is 1.80 bits per heavy atom. The number of amides is 2. The van der Waals surface area contributed by atoms with Gasteiger partial charge in [-0.15, -0.1) is 0 Å². The van der Waals surface area contributed by atoms with Gasteiger partial charge in [-0.3, -0.25) is 14.4 Å². The standard InChI is InChI=1S/C21H22F3N3O3/c1-12-6-13(2)8-15(7-12)20(30)27-5-3-4-14(11-27)18(28)26-17-9-16(21(22,23)24)10-25-19(17)29/h6-10,14H,3-5,11H2,1-2H3,(H,25,29)(H,26,28). The summed E-state index contributed by atoms with van der Waals surface area (Å²) in [4.78, 5) is 40.9. The minimum Gasteiger partial charge on any atom is -0.338 e. The summed E-state index contributed by atoms with van der Waals surface area (Å²) in [6.45, 7) is 4.40. The number of likely N-dealkylation sites (tertiary alicyclic amines) is 1. The number of piperidine rings is 1. The number of nitrogens with zero attached hydrogens (tertiary/aromatic N) is 1. The number of anilines is 1. The number of alkyl halides is 3. The molecule has 160 valence electrons. The topological polar surface area (TPSA) is 82.3 Å². The average molecular weight is 421 g/mol. The molecule has 3 rings (SSSR count). The van der Waals surface area contributed by atoms with Gasteiger partial charge in [0.15, 0.2) is 0 Å². The zero-order chi connectivity index (χ0) is 22.1. The molecule has 1 saturated heterocycles. The molecular formula is C21H22F3N3O3. The minimum atomic E-state index is -4.65. The maximum absolute atomic E-state index is 12.9. The predicted octanol–water partition coefficient (Wildman–Crippen LogP) is 3.50. The summed E-state index contributed by atoms with van der Waals surface area (Å²) in [5, 5.41) is 2.29. The number of benzene rings is 1. The fourth-order valence-corrected chi connectivity index (χ4v) is 3.63. The van der Waals surface area contributed by atoms with Crippen molar-refractivity contribution in [1.82, 2.24) is 9.88 Å². The van der Waals surface area contributed by atoms with Gasteiger partial charge in [0.2, 0.25) is 5.91 Å². The second kappa shape index (κ2) is 8.33. The van der Waals surface area contributed by atoms with E-state index in [0.717, 1.165) is 11.1 Å². The second-order valence-electron chi connectivity index (χ2n) is 7.58. The van der Waals surface area contributed by atoms with Crippen LogP contribution in [-0.4, -0.2) is 34.8 Å². The highest BCUT2D eigenvalue weighted by Crippen LogP contribution is 2.29. The Bertz CT molecular complexity index is 1010. The Morgan fingerprint density at radius 3 is 2.43 bits per heavy atom. The van der Waals surface area contributed by atoms with Crippen LogP contribution in [-0.2, 0) is 11.0 Å². The Labute approximate surface area is 171 Å². The van der Waals surface area contributed by atoms with E-state index >= 15 is 0 Å². The molecule has 2 N–H and O–H groups in total. The number of nitrogens with one attached hydrogen (secondary N) is 2. The van der Waals surface area contributed by atoms with Crippen LogP contribution >= 0.6 is 0 Å². The van der Waals surface area contributed by atoms with Crippen molar-refractivity contribution in [3.63, 3.8) is 0 Å². The first-order valence-corrected chi connectivity index (χ1v) is 9.53. The molecule has 9 heteroatoms. The van der Waals surface area contributed by atoms with Crippen molar-refractivity contribution >= 4 is 17.5 Å². The molecule has 6 nitrogen and oxygen atoms in total. The van der Waals surface area contributed by atoms with Crippen LogP contribution in [0, 0.1) is 19.8 Å². The fourth-order valence-electron chi connectivity index (χ4n) is 3.63. The molecule has 2 aromatic rings. The van der Waals surface area contributed by atoms with E-state index in [1.165, 1.54) is 0 Å². The molecule has 1 aliphatic rings. The van der Waals surface area contributed by atoms with Crippen LogP contribution in [0.15, 0.2) is 35.3 Å². The fraction of sp³-hybridized carbons (Fsp3) is 0.381. The third kappa shape index (κ3) is 4.90. The number of pyridine rings is 1. The van der Waals surface area contributed by atoms with E-state index in [2.05, 4.69) is 5.32 Å². The van der Waals surface area contributed by atoms with Crippen LogP contribution in [0.1, 0.15) is 39.9 Å². The van der Waals surface area contributed by atoms with Gasteiger partial charge in [0.1, 0.15) is 5.69 Å². The number of aryl methyl sites for hydroxylation is 2. The highest BCUT2D eigenvalue weighted by molar-refractivity contribution is 5.96. The Kier molecular flexibility index (Phi) is 6.00. The summed E-state index contributed by atoms with van der Waals surface area (Å²) in [6.07, 6.45) is -3.04. The molecule has 0 saturated carbocycles. The normalized spacial score (nSPS) is 17.0. The van der Waals surface area contributed by atoms with Gasteiger partial charge in [-0.2, -0.15) is 13.2 Å². The van der Waals surface area contributed by atoms with Gasteiger partial charge in [0.05, 0.1) is 11.5 Å². The molecule has 1 atom stereocenters. The first-order chi connectivity index (χ1) is 14.0. The van der Waals surface area contributed by atoms with Crippen LogP contribution in [0.25, 0.3) is 0 Å². The van der Waals surface area contributed by atoms with Crippen LogP contribution in [0.2, 0.25) is 0 Å². The van der Waals surface area contributed by atoms with E-state index in [9.17, 15) is 27.6 Å². The Balaban J connectivity index is 1.73. The minimum absolute atomic E-state index is 0.133. The van der Waals surface area contributed by atoms with Crippen molar-refractivity contribution in [3.05, 3.63) is 63.1 Å². The lowest BCUT2D eigenvalue weighted by atomic mass is 9.96. The number of carbonyl (C=O) groups is 2. The molecule has 0 aliphatic carbocycles. The third-order valence-corrected chi connectivity index (χ3v) is 5.04. The summed E-state index contributed by atoms with van der Waals surface area (Å²) in [5.74, 6) is -1.41. The third-order valence-electron chi connectivity index (χ3n) is 5.04. The van der Waals surface area contributed by atoms with E-state index in [-0.39, 0.29) is 12.5 Å². The van der Waals surface area contributed by atoms with Crippen LogP contribution in [0.4, 0.5) is 18.9 Å². The lowest BCUT2D eigenvalue weighted by Gasteiger charge is -2.32. The lowest BCUT2D eigenvalue weighted by Crippen LogP contribution is -2.44. The van der Waals surface area contributed by atoms with E-state index in [1.54, 1.807) is 17.0 Å². The highest BCUT2D eigenvalue weighted by atomic mass is 19.4. The van der Waals surface area contributed by atoms with Crippen molar-refractivity contribution in [3.8, 4) is 0 Å². The van der Waals surface area contributed by atoms with Gasteiger partial charge in [-0.1, -0.05) is 17.2 Å². The molecule has 2 heterocycles. The number of H-pyrrole nitrogens is 1. The summed E-state index contributed by atoms with van der Waals surface area (Å²) < 4.78 is 38.6. The average Bonchev–Trinajstić information content (AvgIpc) is 2.67. The quantitative estimate of drug-likeness (QED) is 0.796. The number of halogens is 3. The molecule has 1 aromatic heterocycles. The molecular weight excluding hydrogens is 399 g/mol. The maximum atomic E-state index is 12.9. The molecule has 30 heavy (non-hydrogen) atoms. The summed E-state index contributed by atoms with van der Waals surface area (Å²) >= 11 is 0. The van der Waals surface area contributed by atoms with E-state index in [4.69, 9.17) is 0 Å². The monoisotopic (exact) mass is 421 g/mol. The summed E-state index contributed by atoms with van der Waals surface area (Å²) in [5.41, 5.74) is 0.0836. The molecule has 0 spiro atoms. The zero-order valence-corrected chi connectivity index (χ0v) is 16.6. The molecule has 1 aromatic carbocycles. The van der Waals surface area contributed by atoms with E-state index < -0.39 is 34.8 Å². The van der Waals surface area contributed by atoms with Crippen LogP contribution in [0.5, 0.6) is 0 Å². The predicted molar refractivity (Wildman–Crippen MR) is 105 cm³/mol. The number of aromatic nitrogens is 1.